The van der Waals surface area contributed by atoms with Crippen LogP contribution >= 0.6 is 0 Å². The molecule has 0 saturated carbocycles. The Kier molecular flexibility index (Phi) is 5.35. The third-order valence-corrected chi connectivity index (χ3v) is 5.82. The quantitative estimate of drug-likeness (QED) is 0.907. The zero-order valence-electron chi connectivity index (χ0n) is 12.6. The summed E-state index contributed by atoms with van der Waals surface area (Å²) in [5.41, 5.74) is 0.718. The second-order valence-electron chi connectivity index (χ2n) is 5.53. The van der Waals surface area contributed by atoms with E-state index in [0.717, 1.165) is 37.9 Å². The highest BCUT2D eigenvalue weighted by Gasteiger charge is 2.33. The Morgan fingerprint density at radius 2 is 2.00 bits per heavy atom. The van der Waals surface area contributed by atoms with Gasteiger partial charge in [0.05, 0.1) is 0 Å². The van der Waals surface area contributed by atoms with Crippen molar-refractivity contribution in [2.24, 2.45) is 0 Å². The van der Waals surface area contributed by atoms with Gasteiger partial charge in [0.2, 0.25) is 10.0 Å². The Morgan fingerprint density at radius 3 is 2.57 bits per heavy atom. The molecule has 6 heteroatoms. The summed E-state index contributed by atoms with van der Waals surface area (Å²) in [6.07, 6.45) is 2.26. The fraction of sp³-hybridized carbons (Fsp3) is 0.600. The lowest BCUT2D eigenvalue weighted by molar-refractivity contribution is 0.261. The molecule has 118 valence electrons. The molecule has 1 aliphatic rings. The van der Waals surface area contributed by atoms with E-state index in [1.165, 1.54) is 16.4 Å². The molecular formula is C15H23FN2O2S. The first-order valence-corrected chi connectivity index (χ1v) is 8.89. The van der Waals surface area contributed by atoms with E-state index >= 15 is 0 Å². The number of nitrogens with zero attached hydrogens (tertiary/aromatic N) is 1. The van der Waals surface area contributed by atoms with E-state index in [1.807, 2.05) is 6.92 Å². The highest BCUT2D eigenvalue weighted by atomic mass is 32.2. The highest BCUT2D eigenvalue weighted by molar-refractivity contribution is 7.89. The van der Waals surface area contributed by atoms with Crippen LogP contribution in [0.15, 0.2) is 23.1 Å². The number of hydrogen-bond acceptors (Lipinski definition) is 3. The van der Waals surface area contributed by atoms with Crippen LogP contribution in [0.2, 0.25) is 0 Å². The molecule has 0 aliphatic carbocycles. The molecule has 0 amide bonds. The maximum atomic E-state index is 14.1. The number of halogens is 1. The molecule has 21 heavy (non-hydrogen) atoms. The Morgan fingerprint density at radius 1 is 1.33 bits per heavy atom. The maximum Gasteiger partial charge on any atom is 0.246 e. The van der Waals surface area contributed by atoms with Crippen molar-refractivity contribution in [3.8, 4) is 0 Å². The van der Waals surface area contributed by atoms with Gasteiger partial charge in [-0.25, -0.2) is 12.8 Å². The SMILES string of the molecule is CCCN(C1CCNCC1)S(=O)(=O)c1ccc(C)cc1F. The summed E-state index contributed by atoms with van der Waals surface area (Å²) in [7, 11) is -3.78. The fourth-order valence-electron chi connectivity index (χ4n) is 2.76. The van der Waals surface area contributed by atoms with Crippen molar-refractivity contribution in [1.29, 1.82) is 0 Å². The Labute approximate surface area is 126 Å². The van der Waals surface area contributed by atoms with Gasteiger partial charge in [-0.1, -0.05) is 13.0 Å². The molecule has 0 spiro atoms. The first kappa shape index (κ1) is 16.4. The number of aryl methyl sites for hydroxylation is 1. The molecule has 1 N–H and O–H groups in total. The van der Waals surface area contributed by atoms with Gasteiger partial charge in [0.25, 0.3) is 0 Å². The molecule has 1 saturated heterocycles. The van der Waals surface area contributed by atoms with Crippen LogP contribution in [0.25, 0.3) is 0 Å². The Balaban J connectivity index is 2.36. The minimum absolute atomic E-state index is 0.0445. The minimum Gasteiger partial charge on any atom is -0.317 e. The predicted molar refractivity (Wildman–Crippen MR) is 81.2 cm³/mol. The van der Waals surface area contributed by atoms with Crippen molar-refractivity contribution in [2.75, 3.05) is 19.6 Å². The van der Waals surface area contributed by atoms with Crippen LogP contribution < -0.4 is 5.32 Å². The predicted octanol–water partition coefficient (Wildman–Crippen LogP) is 2.29. The summed E-state index contributed by atoms with van der Waals surface area (Å²) >= 11 is 0. The summed E-state index contributed by atoms with van der Waals surface area (Å²) in [6, 6.07) is 4.25. The number of nitrogens with one attached hydrogen (secondary N) is 1. The van der Waals surface area contributed by atoms with Crippen molar-refractivity contribution in [2.45, 2.75) is 44.0 Å². The van der Waals surface area contributed by atoms with E-state index < -0.39 is 15.8 Å². The van der Waals surface area contributed by atoms with Gasteiger partial charge in [-0.15, -0.1) is 0 Å². The van der Waals surface area contributed by atoms with Crippen LogP contribution in [0.4, 0.5) is 4.39 Å². The number of sulfonamides is 1. The molecule has 1 fully saturated rings. The highest BCUT2D eigenvalue weighted by Crippen LogP contribution is 2.25. The molecule has 2 rings (SSSR count). The number of rotatable bonds is 5. The molecule has 1 aromatic carbocycles. The average Bonchev–Trinajstić information content (AvgIpc) is 2.45. The van der Waals surface area contributed by atoms with Gasteiger partial charge in [0.1, 0.15) is 10.7 Å². The molecular weight excluding hydrogens is 291 g/mol. The largest absolute Gasteiger partial charge is 0.317 e. The van der Waals surface area contributed by atoms with Gasteiger partial charge in [0, 0.05) is 12.6 Å². The zero-order valence-corrected chi connectivity index (χ0v) is 13.4. The third-order valence-electron chi connectivity index (χ3n) is 3.83. The van der Waals surface area contributed by atoms with Gasteiger partial charge in [-0.2, -0.15) is 4.31 Å². The van der Waals surface area contributed by atoms with Crippen molar-refractivity contribution in [1.82, 2.24) is 9.62 Å². The molecule has 4 nitrogen and oxygen atoms in total. The summed E-state index contributed by atoms with van der Waals surface area (Å²) < 4.78 is 41.2. The summed E-state index contributed by atoms with van der Waals surface area (Å²) in [5, 5.41) is 3.23. The van der Waals surface area contributed by atoms with Crippen molar-refractivity contribution in [3.63, 3.8) is 0 Å². The topological polar surface area (TPSA) is 49.4 Å². The lowest BCUT2D eigenvalue weighted by Gasteiger charge is -2.33. The van der Waals surface area contributed by atoms with Crippen molar-refractivity contribution >= 4 is 10.0 Å². The molecule has 1 aromatic rings. The second kappa shape index (κ2) is 6.85. The third kappa shape index (κ3) is 3.62. The first-order valence-electron chi connectivity index (χ1n) is 7.45. The summed E-state index contributed by atoms with van der Waals surface area (Å²) in [4.78, 5) is -0.208. The molecule has 1 heterocycles. The van der Waals surface area contributed by atoms with E-state index in [0.29, 0.717) is 6.54 Å². The fourth-order valence-corrected chi connectivity index (χ4v) is 4.58. The smallest absolute Gasteiger partial charge is 0.246 e. The van der Waals surface area contributed by atoms with Crippen molar-refractivity contribution in [3.05, 3.63) is 29.6 Å². The van der Waals surface area contributed by atoms with E-state index in [9.17, 15) is 12.8 Å². The molecule has 0 radical (unpaired) electrons. The monoisotopic (exact) mass is 314 g/mol. The van der Waals surface area contributed by atoms with Gasteiger partial charge in [-0.3, -0.25) is 0 Å². The van der Waals surface area contributed by atoms with Crippen LogP contribution in [0.1, 0.15) is 31.7 Å². The average molecular weight is 314 g/mol. The number of piperidine rings is 1. The minimum atomic E-state index is -3.78. The standard InChI is InChI=1S/C15H23FN2O2S/c1-3-10-18(13-6-8-17-9-7-13)21(19,20)15-5-4-12(2)11-14(15)16/h4-5,11,13,17H,3,6-10H2,1-2H3. The Bertz CT molecular complexity index is 583. The van der Waals surface area contributed by atoms with Crippen LogP contribution in [-0.2, 0) is 10.0 Å². The van der Waals surface area contributed by atoms with E-state index in [4.69, 9.17) is 0 Å². The second-order valence-corrected chi connectivity index (χ2v) is 7.39. The van der Waals surface area contributed by atoms with Gasteiger partial charge in [-0.05, 0) is 57.0 Å². The molecule has 0 atom stereocenters. The lowest BCUT2D eigenvalue weighted by Crippen LogP contribution is -2.46. The molecule has 0 unspecified atom stereocenters. The Hall–Kier alpha value is -0.980. The van der Waals surface area contributed by atoms with E-state index in [-0.39, 0.29) is 10.9 Å². The van der Waals surface area contributed by atoms with Crippen LogP contribution in [0.5, 0.6) is 0 Å². The molecule has 0 bridgehead atoms. The summed E-state index contributed by atoms with van der Waals surface area (Å²) in [6.45, 7) is 5.72. The van der Waals surface area contributed by atoms with Crippen molar-refractivity contribution < 1.29 is 12.8 Å². The zero-order chi connectivity index (χ0) is 15.5. The van der Waals surface area contributed by atoms with Crippen LogP contribution in [0.3, 0.4) is 0 Å². The number of hydrogen-bond donors (Lipinski definition) is 1. The first-order chi connectivity index (χ1) is 9.96. The van der Waals surface area contributed by atoms with Gasteiger partial charge < -0.3 is 5.32 Å². The van der Waals surface area contributed by atoms with Gasteiger partial charge >= 0.3 is 0 Å². The normalized spacial score (nSPS) is 17.3. The van der Waals surface area contributed by atoms with E-state index in [1.54, 1.807) is 13.0 Å². The summed E-state index contributed by atoms with van der Waals surface area (Å²) in [5.74, 6) is -0.662. The number of benzene rings is 1. The van der Waals surface area contributed by atoms with Crippen LogP contribution in [-0.4, -0.2) is 38.4 Å². The van der Waals surface area contributed by atoms with Gasteiger partial charge in [0.15, 0.2) is 0 Å². The maximum absolute atomic E-state index is 14.1. The van der Waals surface area contributed by atoms with E-state index in [2.05, 4.69) is 5.32 Å². The molecule has 1 aliphatic heterocycles. The van der Waals surface area contributed by atoms with Crippen LogP contribution in [0, 0.1) is 12.7 Å². The lowest BCUT2D eigenvalue weighted by atomic mass is 10.1. The molecule has 0 aromatic heterocycles.